The van der Waals surface area contributed by atoms with Gasteiger partial charge in [-0.25, -0.2) is 0 Å². The van der Waals surface area contributed by atoms with E-state index in [0.717, 1.165) is 37.2 Å². The third-order valence-electron chi connectivity index (χ3n) is 15.1. The van der Waals surface area contributed by atoms with Crippen LogP contribution in [0.3, 0.4) is 0 Å². The Balaban J connectivity index is 1.45. The van der Waals surface area contributed by atoms with Crippen LogP contribution in [0.1, 0.15) is 131 Å². The number of hydrogen-bond acceptors (Lipinski definition) is 2. The molecule has 9 rings (SSSR count). The van der Waals surface area contributed by atoms with E-state index in [9.17, 15) is 0 Å². The van der Waals surface area contributed by atoms with E-state index in [2.05, 4.69) is 167 Å². The number of nitrogens with zero attached hydrogens (tertiary/aromatic N) is 1. The largest absolute Gasteiger partial charge is 0.458 e. The van der Waals surface area contributed by atoms with Crippen molar-refractivity contribution in [2.75, 3.05) is 4.81 Å². The molecule has 0 unspecified atom stereocenters. The molecule has 5 aromatic carbocycles. The Morgan fingerprint density at radius 1 is 0.444 bits per heavy atom. The fourth-order valence-corrected chi connectivity index (χ4v) is 9.60. The van der Waals surface area contributed by atoms with E-state index >= 15 is 0 Å². The summed E-state index contributed by atoms with van der Waals surface area (Å²) >= 11 is 0. The summed E-state index contributed by atoms with van der Waals surface area (Å²) in [7, 11) is 0. The smallest absolute Gasteiger partial charge is 0.329 e. The molecular formula is C50H57B2NO. The first-order valence-corrected chi connectivity index (χ1v) is 20.8. The molecule has 0 aliphatic carbocycles. The van der Waals surface area contributed by atoms with Gasteiger partial charge in [-0.2, -0.15) is 0 Å². The summed E-state index contributed by atoms with van der Waals surface area (Å²) in [4.78, 5) is 2.78. The van der Waals surface area contributed by atoms with E-state index in [-0.39, 0.29) is 35.2 Å². The molecule has 274 valence electrons. The second-order valence-corrected chi connectivity index (χ2v) is 19.4. The lowest BCUT2D eigenvalue weighted by Gasteiger charge is -2.51. The summed E-state index contributed by atoms with van der Waals surface area (Å²) in [6, 6.07) is 31.8. The van der Waals surface area contributed by atoms with Crippen molar-refractivity contribution in [3.05, 3.63) is 101 Å². The van der Waals surface area contributed by atoms with Gasteiger partial charge in [-0.1, -0.05) is 138 Å². The molecular weight excluding hydrogens is 652 g/mol. The third-order valence-corrected chi connectivity index (χ3v) is 15.1. The van der Waals surface area contributed by atoms with Gasteiger partial charge in [-0.05, 0) is 132 Å². The molecule has 0 radical (unpaired) electrons. The highest BCUT2D eigenvalue weighted by Crippen LogP contribution is 2.51. The summed E-state index contributed by atoms with van der Waals surface area (Å²) in [5.41, 5.74) is 21.0. The minimum Gasteiger partial charge on any atom is -0.458 e. The van der Waals surface area contributed by atoms with Crippen molar-refractivity contribution in [3.8, 4) is 33.8 Å². The van der Waals surface area contributed by atoms with Crippen molar-refractivity contribution < 1.29 is 4.74 Å². The average Bonchev–Trinajstić information content (AvgIpc) is 3.18. The first kappa shape index (κ1) is 35.5. The molecule has 0 aromatic heterocycles. The summed E-state index contributed by atoms with van der Waals surface area (Å²) in [6.45, 7) is 28.6. The van der Waals surface area contributed by atoms with Crippen molar-refractivity contribution >= 4 is 52.2 Å². The van der Waals surface area contributed by atoms with Crippen molar-refractivity contribution in [3.63, 3.8) is 0 Å². The van der Waals surface area contributed by atoms with Gasteiger partial charge in [0.2, 0.25) is 0 Å². The highest BCUT2D eigenvalue weighted by Gasteiger charge is 2.52. The van der Waals surface area contributed by atoms with Gasteiger partial charge in [0.15, 0.2) is 0 Å². The number of benzene rings is 5. The van der Waals surface area contributed by atoms with Crippen LogP contribution >= 0.6 is 0 Å². The van der Waals surface area contributed by atoms with Gasteiger partial charge in [-0.15, -0.1) is 0 Å². The summed E-state index contributed by atoms with van der Waals surface area (Å²) in [5.74, 6) is 1.99. The molecule has 4 heterocycles. The summed E-state index contributed by atoms with van der Waals surface area (Å²) in [5, 5.41) is 0. The summed E-state index contributed by atoms with van der Waals surface area (Å²) in [6.07, 6.45) is 4.33. The number of fused-ring (bicyclic) bond motifs is 9. The van der Waals surface area contributed by atoms with Crippen LogP contribution in [0.25, 0.3) is 22.3 Å². The lowest BCUT2D eigenvalue weighted by molar-refractivity contribution is 0.482. The van der Waals surface area contributed by atoms with Crippen molar-refractivity contribution in [1.82, 2.24) is 0 Å². The van der Waals surface area contributed by atoms with E-state index in [4.69, 9.17) is 4.74 Å². The second-order valence-electron chi connectivity index (χ2n) is 19.4. The van der Waals surface area contributed by atoms with E-state index in [0.29, 0.717) is 0 Å². The molecule has 0 bridgehead atoms. The van der Waals surface area contributed by atoms with Gasteiger partial charge in [0.05, 0.1) is 0 Å². The molecule has 0 amide bonds. The Kier molecular flexibility index (Phi) is 7.68. The van der Waals surface area contributed by atoms with E-state index < -0.39 is 0 Å². The first-order valence-electron chi connectivity index (χ1n) is 20.8. The van der Waals surface area contributed by atoms with Crippen molar-refractivity contribution in [2.24, 2.45) is 0 Å². The maximum absolute atomic E-state index is 7.00. The normalized spacial score (nSPS) is 15.0. The predicted molar refractivity (Wildman–Crippen MR) is 235 cm³/mol. The molecule has 5 aromatic rings. The maximum atomic E-state index is 7.00. The zero-order chi connectivity index (χ0) is 38.3. The van der Waals surface area contributed by atoms with Gasteiger partial charge < -0.3 is 9.55 Å². The first-order chi connectivity index (χ1) is 25.6. The minimum atomic E-state index is 0.0207. The zero-order valence-corrected chi connectivity index (χ0v) is 34.8. The van der Waals surface area contributed by atoms with Crippen LogP contribution in [-0.4, -0.2) is 13.6 Å². The Hall–Kier alpha value is -4.17. The molecule has 0 N–H and O–H groups in total. The molecule has 54 heavy (non-hydrogen) atoms. The second kappa shape index (κ2) is 11.7. The number of anilines is 2. The Morgan fingerprint density at radius 3 is 1.44 bits per heavy atom. The topological polar surface area (TPSA) is 12.5 Å². The van der Waals surface area contributed by atoms with Crippen LogP contribution in [-0.2, 0) is 21.7 Å². The van der Waals surface area contributed by atoms with Crippen LogP contribution in [0, 0.1) is 0 Å². The van der Waals surface area contributed by atoms with Gasteiger partial charge in [0, 0.05) is 22.5 Å². The zero-order valence-electron chi connectivity index (χ0n) is 34.8. The third kappa shape index (κ3) is 4.80. The quantitative estimate of drug-likeness (QED) is 0.146. The number of rotatable bonds is 8. The predicted octanol–water partition coefficient (Wildman–Crippen LogP) is 10.3. The fraction of sp³-hybridized carbons (Fsp3) is 0.400. The van der Waals surface area contributed by atoms with E-state index in [1.807, 2.05) is 0 Å². The standard InChI is InChI=1S/C50H57B2NO/c1-13-47(5,6)30-17-20-34-36-22-24-43-44-46(36)53-45-37(35-21-18-31(48(7,8)14-2)27-39(35)52(53)38(34)26-30)25-33(50(11,12)16-4)29-41(45)51(44)40-28-32(49(9,10)15-3)19-23-42(40)54-43/h17-29H,13-16H2,1-12H3. The molecule has 0 fully saturated rings. The van der Waals surface area contributed by atoms with Crippen molar-refractivity contribution in [2.45, 2.75) is 130 Å². The SMILES string of the molecule is CCC(C)(C)c1ccc2c(c1)B1c3cc(C(C)(C)CC)cc4c3N3B(c5cc(C(C)(C)CC)ccc5-4)c4cc(C(C)(C)CC)ccc4-c4ccc(c1c43)O2. The monoisotopic (exact) mass is 709 g/mol. The lowest BCUT2D eigenvalue weighted by Crippen LogP contribution is -2.69. The molecule has 0 atom stereocenters. The van der Waals surface area contributed by atoms with Crippen LogP contribution in [0.15, 0.2) is 78.9 Å². The van der Waals surface area contributed by atoms with E-state index in [1.54, 1.807) is 0 Å². The molecule has 4 heteroatoms. The van der Waals surface area contributed by atoms with Gasteiger partial charge >= 0.3 is 6.85 Å². The Bertz CT molecular complexity index is 2400. The lowest BCUT2D eigenvalue weighted by atomic mass is 9.30. The van der Waals surface area contributed by atoms with E-state index in [1.165, 1.54) is 83.2 Å². The van der Waals surface area contributed by atoms with Crippen LogP contribution < -0.4 is 36.9 Å². The minimum absolute atomic E-state index is 0.0207. The van der Waals surface area contributed by atoms with Crippen LogP contribution in [0.4, 0.5) is 11.4 Å². The number of ether oxygens (including phenoxy) is 1. The van der Waals surface area contributed by atoms with Gasteiger partial charge in [0.1, 0.15) is 11.5 Å². The fourth-order valence-electron chi connectivity index (χ4n) is 9.60. The highest BCUT2D eigenvalue weighted by atomic mass is 16.5. The van der Waals surface area contributed by atoms with Crippen molar-refractivity contribution in [1.29, 1.82) is 0 Å². The molecule has 4 aliphatic rings. The Morgan fingerprint density at radius 2 is 0.889 bits per heavy atom. The van der Waals surface area contributed by atoms with Crippen LogP contribution in [0.2, 0.25) is 0 Å². The summed E-state index contributed by atoms with van der Waals surface area (Å²) < 4.78 is 7.00. The molecule has 0 saturated carbocycles. The van der Waals surface area contributed by atoms with Crippen LogP contribution in [0.5, 0.6) is 11.5 Å². The van der Waals surface area contributed by atoms with Gasteiger partial charge in [-0.3, -0.25) is 0 Å². The highest BCUT2D eigenvalue weighted by molar-refractivity contribution is 7.02. The Labute approximate surface area is 325 Å². The average molecular weight is 710 g/mol. The molecule has 4 aliphatic heterocycles. The molecule has 0 saturated heterocycles. The molecule has 2 nitrogen and oxygen atoms in total. The van der Waals surface area contributed by atoms with Gasteiger partial charge in [0.25, 0.3) is 6.71 Å². The number of hydrogen-bond donors (Lipinski definition) is 0. The maximum Gasteiger partial charge on any atom is 0.329 e. The molecule has 0 spiro atoms.